The van der Waals surface area contributed by atoms with Crippen molar-refractivity contribution in [1.82, 2.24) is 20.0 Å². The number of aryl methyl sites for hydroxylation is 1. The maximum Gasteiger partial charge on any atom is 0.273 e. The predicted molar refractivity (Wildman–Crippen MR) is 84.2 cm³/mol. The Labute approximate surface area is 126 Å². The van der Waals surface area contributed by atoms with E-state index in [1.807, 2.05) is 48.2 Å². The Morgan fingerprint density at radius 1 is 1.27 bits per heavy atom. The van der Waals surface area contributed by atoms with Crippen LogP contribution < -0.4 is 5.43 Å². The molecule has 1 aliphatic rings. The van der Waals surface area contributed by atoms with E-state index in [9.17, 15) is 4.79 Å². The van der Waals surface area contributed by atoms with Gasteiger partial charge in [-0.1, -0.05) is 18.2 Å². The molecule has 3 aromatic rings. The van der Waals surface area contributed by atoms with E-state index in [1.165, 1.54) is 0 Å². The summed E-state index contributed by atoms with van der Waals surface area (Å²) in [5.74, 6) is 0.351. The smallest absolute Gasteiger partial charge is 0.273 e. The first-order valence-electron chi connectivity index (χ1n) is 6.88. The van der Waals surface area contributed by atoms with Crippen LogP contribution in [0.15, 0.2) is 53.5 Å². The van der Waals surface area contributed by atoms with Gasteiger partial charge in [-0.3, -0.25) is 4.79 Å². The van der Waals surface area contributed by atoms with Gasteiger partial charge in [0.05, 0.1) is 5.57 Å². The highest BCUT2D eigenvalue weighted by molar-refractivity contribution is 6.32. The van der Waals surface area contributed by atoms with Gasteiger partial charge in [-0.05, 0) is 12.1 Å². The summed E-state index contributed by atoms with van der Waals surface area (Å²) >= 11 is 0. The van der Waals surface area contributed by atoms with Gasteiger partial charge in [-0.25, -0.2) is 10.4 Å². The van der Waals surface area contributed by atoms with Gasteiger partial charge < -0.3 is 9.55 Å². The molecule has 0 atom stereocenters. The fourth-order valence-electron chi connectivity index (χ4n) is 2.69. The first-order chi connectivity index (χ1) is 10.7. The van der Waals surface area contributed by atoms with Crippen molar-refractivity contribution in [3.05, 3.63) is 59.8 Å². The Morgan fingerprint density at radius 2 is 2.14 bits per heavy atom. The van der Waals surface area contributed by atoms with Gasteiger partial charge in [0.25, 0.3) is 5.91 Å². The molecule has 1 amide bonds. The number of fused-ring (bicyclic) bond motifs is 1. The SMILES string of the molecule is Cn1cc(/C=C2\C(=O)NN=C2c2ncc[nH]2)c2ccccc21. The number of benzene rings is 1. The van der Waals surface area contributed by atoms with Crippen molar-refractivity contribution < 1.29 is 4.79 Å². The topological polar surface area (TPSA) is 75.1 Å². The van der Waals surface area contributed by atoms with Crippen molar-refractivity contribution >= 4 is 28.6 Å². The van der Waals surface area contributed by atoms with E-state index in [2.05, 4.69) is 20.5 Å². The third-order valence-electron chi connectivity index (χ3n) is 3.72. The zero-order chi connectivity index (χ0) is 15.1. The number of carbonyl (C=O) groups is 1. The maximum absolute atomic E-state index is 12.1. The lowest BCUT2D eigenvalue weighted by atomic mass is 10.1. The third kappa shape index (κ3) is 1.85. The summed E-state index contributed by atoms with van der Waals surface area (Å²) in [5, 5.41) is 5.17. The minimum absolute atomic E-state index is 0.223. The zero-order valence-corrected chi connectivity index (χ0v) is 11.9. The third-order valence-corrected chi connectivity index (χ3v) is 3.72. The van der Waals surface area contributed by atoms with Crippen LogP contribution in [0.2, 0.25) is 0 Å². The molecule has 0 saturated carbocycles. The van der Waals surface area contributed by atoms with Crippen LogP contribution in [-0.2, 0) is 11.8 Å². The minimum atomic E-state index is -0.223. The first kappa shape index (κ1) is 12.6. The van der Waals surface area contributed by atoms with Crippen LogP contribution in [-0.4, -0.2) is 26.2 Å². The number of aromatic amines is 1. The minimum Gasteiger partial charge on any atom is -0.350 e. The number of H-pyrrole nitrogens is 1. The van der Waals surface area contributed by atoms with Crippen LogP contribution >= 0.6 is 0 Å². The Morgan fingerprint density at radius 3 is 2.95 bits per heavy atom. The standard InChI is InChI=1S/C16H13N5O/c1-21-9-10(11-4-2-3-5-13(11)21)8-12-14(19-20-16(12)22)15-17-6-7-18-15/h2-9H,1H3,(H,17,18)(H,20,22)/b12-8-. The molecule has 0 unspecified atom stereocenters. The van der Waals surface area contributed by atoms with E-state index in [0.29, 0.717) is 17.1 Å². The number of nitrogens with one attached hydrogen (secondary N) is 2. The lowest BCUT2D eigenvalue weighted by Crippen LogP contribution is -2.14. The highest BCUT2D eigenvalue weighted by atomic mass is 16.2. The number of para-hydroxylation sites is 1. The summed E-state index contributed by atoms with van der Waals surface area (Å²) in [6.07, 6.45) is 7.20. The molecule has 0 bridgehead atoms. The van der Waals surface area contributed by atoms with E-state index in [-0.39, 0.29) is 5.91 Å². The van der Waals surface area contributed by atoms with Gasteiger partial charge in [-0.15, -0.1) is 0 Å². The van der Waals surface area contributed by atoms with E-state index < -0.39 is 0 Å². The molecule has 22 heavy (non-hydrogen) atoms. The second-order valence-corrected chi connectivity index (χ2v) is 5.11. The quantitative estimate of drug-likeness (QED) is 0.707. The molecule has 3 heterocycles. The number of rotatable bonds is 2. The van der Waals surface area contributed by atoms with Crippen LogP contribution in [0.3, 0.4) is 0 Å². The second kappa shape index (κ2) is 4.70. The highest BCUT2D eigenvalue weighted by Gasteiger charge is 2.26. The summed E-state index contributed by atoms with van der Waals surface area (Å²) in [5.41, 5.74) is 5.62. The molecule has 2 N–H and O–H groups in total. The molecule has 6 heteroatoms. The summed E-state index contributed by atoms with van der Waals surface area (Å²) in [4.78, 5) is 19.2. The lowest BCUT2D eigenvalue weighted by Gasteiger charge is -1.98. The van der Waals surface area contributed by atoms with Gasteiger partial charge in [0.1, 0.15) is 5.71 Å². The number of hydrogen-bond acceptors (Lipinski definition) is 3. The summed E-state index contributed by atoms with van der Waals surface area (Å²) in [7, 11) is 1.99. The Bertz CT molecular complexity index is 931. The zero-order valence-electron chi connectivity index (χ0n) is 11.9. The number of carbonyl (C=O) groups excluding carboxylic acids is 1. The van der Waals surface area contributed by atoms with E-state index in [4.69, 9.17) is 0 Å². The number of aromatic nitrogens is 3. The molecule has 2 aromatic heterocycles. The van der Waals surface area contributed by atoms with Gasteiger partial charge >= 0.3 is 0 Å². The molecular weight excluding hydrogens is 278 g/mol. The Kier molecular flexibility index (Phi) is 2.69. The molecule has 4 rings (SSSR count). The van der Waals surface area contributed by atoms with Gasteiger partial charge in [0, 0.05) is 42.1 Å². The molecule has 0 saturated heterocycles. The molecule has 1 aromatic carbocycles. The predicted octanol–water partition coefficient (Wildman–Crippen LogP) is 1.82. The number of hydrazone groups is 1. The molecule has 6 nitrogen and oxygen atoms in total. The monoisotopic (exact) mass is 291 g/mol. The molecule has 1 aliphatic heterocycles. The van der Waals surface area contributed by atoms with Crippen molar-refractivity contribution in [2.24, 2.45) is 12.1 Å². The molecular formula is C16H13N5O. The number of imidazole rings is 1. The van der Waals surface area contributed by atoms with E-state index >= 15 is 0 Å². The van der Waals surface area contributed by atoms with Gasteiger partial charge in [-0.2, -0.15) is 5.10 Å². The van der Waals surface area contributed by atoms with Gasteiger partial charge in [0.15, 0.2) is 5.82 Å². The molecule has 0 spiro atoms. The van der Waals surface area contributed by atoms with E-state index in [0.717, 1.165) is 16.5 Å². The average molecular weight is 291 g/mol. The largest absolute Gasteiger partial charge is 0.350 e. The second-order valence-electron chi connectivity index (χ2n) is 5.11. The fourth-order valence-corrected chi connectivity index (χ4v) is 2.69. The fraction of sp³-hybridized carbons (Fsp3) is 0.0625. The van der Waals surface area contributed by atoms with Crippen LogP contribution in [0.25, 0.3) is 17.0 Å². The lowest BCUT2D eigenvalue weighted by molar-refractivity contribution is -0.116. The summed E-state index contributed by atoms with van der Waals surface area (Å²) in [6.45, 7) is 0. The van der Waals surface area contributed by atoms with Crippen LogP contribution in [0.4, 0.5) is 0 Å². The van der Waals surface area contributed by atoms with Crippen molar-refractivity contribution in [1.29, 1.82) is 0 Å². The summed E-state index contributed by atoms with van der Waals surface area (Å²) in [6, 6.07) is 8.07. The Hall–Kier alpha value is -3.15. The van der Waals surface area contributed by atoms with Crippen molar-refractivity contribution in [3.8, 4) is 0 Å². The normalized spacial score (nSPS) is 16.3. The van der Waals surface area contributed by atoms with Crippen molar-refractivity contribution in [2.75, 3.05) is 0 Å². The van der Waals surface area contributed by atoms with Crippen molar-refractivity contribution in [2.45, 2.75) is 0 Å². The molecule has 0 radical (unpaired) electrons. The van der Waals surface area contributed by atoms with Gasteiger partial charge in [0.2, 0.25) is 0 Å². The molecule has 108 valence electrons. The summed E-state index contributed by atoms with van der Waals surface area (Å²) < 4.78 is 2.04. The molecule has 0 aliphatic carbocycles. The Balaban J connectivity index is 1.87. The van der Waals surface area contributed by atoms with Crippen LogP contribution in [0.1, 0.15) is 11.4 Å². The van der Waals surface area contributed by atoms with Crippen molar-refractivity contribution in [3.63, 3.8) is 0 Å². The van der Waals surface area contributed by atoms with E-state index in [1.54, 1.807) is 12.4 Å². The average Bonchev–Trinajstić information content (AvgIpc) is 3.23. The van der Waals surface area contributed by atoms with Crippen LogP contribution in [0, 0.1) is 0 Å². The van der Waals surface area contributed by atoms with Crippen LogP contribution in [0.5, 0.6) is 0 Å². The number of hydrogen-bond donors (Lipinski definition) is 2. The highest BCUT2D eigenvalue weighted by Crippen LogP contribution is 2.24. The number of nitrogens with zero attached hydrogens (tertiary/aromatic N) is 3. The first-order valence-corrected chi connectivity index (χ1v) is 6.88. The number of amides is 1. The molecule has 0 fully saturated rings. The maximum atomic E-state index is 12.1.